The molecule has 26 heavy (non-hydrogen) atoms. The van der Waals surface area contributed by atoms with Gasteiger partial charge in [0.2, 0.25) is 0 Å². The Hall–Kier alpha value is -1.87. The summed E-state index contributed by atoms with van der Waals surface area (Å²) in [6.07, 6.45) is 7.06. The molecule has 0 saturated heterocycles. The van der Waals surface area contributed by atoms with E-state index in [2.05, 4.69) is 20.7 Å². The van der Waals surface area contributed by atoms with Crippen molar-refractivity contribution in [3.05, 3.63) is 41.4 Å². The maximum absolute atomic E-state index is 12.7. The third-order valence-corrected chi connectivity index (χ3v) is 5.52. The van der Waals surface area contributed by atoms with E-state index in [1.165, 1.54) is 19.0 Å². The summed E-state index contributed by atoms with van der Waals surface area (Å²) in [5.41, 5.74) is 4.59. The Labute approximate surface area is 161 Å². The number of ether oxygens (including phenoxy) is 1. The number of hydrazine groups is 1. The van der Waals surface area contributed by atoms with Gasteiger partial charge in [-0.3, -0.25) is 15.6 Å². The summed E-state index contributed by atoms with van der Waals surface area (Å²) in [6.45, 7) is 0. The topological polar surface area (TPSA) is 102 Å². The molecule has 1 unspecified atom stereocenters. The van der Waals surface area contributed by atoms with Crippen molar-refractivity contribution in [2.24, 2.45) is 11.8 Å². The molecule has 1 saturated carbocycles. The van der Waals surface area contributed by atoms with Crippen molar-refractivity contribution in [3.8, 4) is 16.9 Å². The highest BCUT2D eigenvalue weighted by Gasteiger charge is 2.30. The molecule has 9 heteroatoms. The molecule has 0 aromatic carbocycles. The van der Waals surface area contributed by atoms with Gasteiger partial charge in [0.25, 0.3) is 5.91 Å². The summed E-state index contributed by atoms with van der Waals surface area (Å²) in [7, 11) is 1.54. The first-order valence-electron chi connectivity index (χ1n) is 8.14. The van der Waals surface area contributed by atoms with E-state index in [1.54, 1.807) is 43.4 Å². The minimum absolute atomic E-state index is 0.159. The first-order chi connectivity index (χ1) is 12.6. The SMILES string of the molecule is COc1cnc(Cl)cc1-c1cnccc1C(=O)NCSC(NN)C1CC1. The third kappa shape index (κ3) is 4.45. The standard InChI is InChI=1S/C17H20ClN5O2S/c1-25-14-8-21-15(18)6-12(14)13-7-20-5-4-11(13)16(24)22-9-26-17(23-19)10-2-3-10/h4-8,10,17,23H,2-3,9,19H2,1H3,(H,22,24). The Morgan fingerprint density at radius 2 is 2.27 bits per heavy atom. The average molecular weight is 394 g/mol. The molecule has 1 atom stereocenters. The fourth-order valence-electron chi connectivity index (χ4n) is 2.61. The number of hydrogen-bond donors (Lipinski definition) is 3. The van der Waals surface area contributed by atoms with Gasteiger partial charge in [-0.15, -0.1) is 11.8 Å². The number of pyridine rings is 2. The molecule has 0 radical (unpaired) electrons. The lowest BCUT2D eigenvalue weighted by atomic mass is 10.0. The Kier molecular flexibility index (Phi) is 6.31. The zero-order chi connectivity index (χ0) is 18.5. The van der Waals surface area contributed by atoms with Crippen molar-refractivity contribution >= 4 is 29.3 Å². The van der Waals surface area contributed by atoms with Gasteiger partial charge in [0.1, 0.15) is 10.9 Å². The molecule has 7 nitrogen and oxygen atoms in total. The highest BCUT2D eigenvalue weighted by molar-refractivity contribution is 7.99. The maximum Gasteiger partial charge on any atom is 0.252 e. The fourth-order valence-corrected chi connectivity index (χ4v) is 3.80. The number of rotatable bonds is 8. The second-order valence-corrected chi connectivity index (χ2v) is 7.39. The summed E-state index contributed by atoms with van der Waals surface area (Å²) in [4.78, 5) is 20.8. The number of nitrogens with one attached hydrogen (secondary N) is 2. The van der Waals surface area contributed by atoms with E-state index >= 15 is 0 Å². The van der Waals surface area contributed by atoms with Crippen LogP contribution in [0.3, 0.4) is 0 Å². The van der Waals surface area contributed by atoms with Gasteiger partial charge in [-0.2, -0.15) is 0 Å². The van der Waals surface area contributed by atoms with E-state index in [4.69, 9.17) is 22.2 Å². The lowest BCUT2D eigenvalue weighted by Gasteiger charge is -2.16. The van der Waals surface area contributed by atoms with Gasteiger partial charge in [-0.25, -0.2) is 10.4 Å². The van der Waals surface area contributed by atoms with Crippen LogP contribution in [0.4, 0.5) is 0 Å². The van der Waals surface area contributed by atoms with Gasteiger partial charge in [0.15, 0.2) is 0 Å². The van der Waals surface area contributed by atoms with Gasteiger partial charge in [-0.05, 0) is 30.9 Å². The van der Waals surface area contributed by atoms with Crippen LogP contribution in [0.5, 0.6) is 5.75 Å². The van der Waals surface area contributed by atoms with Gasteiger partial charge >= 0.3 is 0 Å². The van der Waals surface area contributed by atoms with Crippen molar-refractivity contribution in [1.29, 1.82) is 0 Å². The quantitative estimate of drug-likeness (QED) is 0.274. The molecule has 0 aliphatic heterocycles. The Morgan fingerprint density at radius 1 is 1.46 bits per heavy atom. The van der Waals surface area contributed by atoms with Crippen LogP contribution in [0.25, 0.3) is 11.1 Å². The van der Waals surface area contributed by atoms with E-state index in [9.17, 15) is 4.79 Å². The number of carbonyl (C=O) groups excluding carboxylic acids is 1. The first kappa shape index (κ1) is 18.9. The molecule has 2 aromatic heterocycles. The number of thioether (sulfide) groups is 1. The lowest BCUT2D eigenvalue weighted by molar-refractivity contribution is 0.0961. The molecular weight excluding hydrogens is 374 g/mol. The summed E-state index contributed by atoms with van der Waals surface area (Å²) in [5.74, 6) is 6.93. The van der Waals surface area contributed by atoms with Crippen molar-refractivity contribution in [3.63, 3.8) is 0 Å². The smallest absolute Gasteiger partial charge is 0.252 e. The number of nitrogens with two attached hydrogens (primary N) is 1. The summed E-state index contributed by atoms with van der Waals surface area (Å²) in [5, 5.41) is 3.39. The molecule has 0 spiro atoms. The van der Waals surface area contributed by atoms with Crippen LogP contribution in [-0.2, 0) is 0 Å². The maximum atomic E-state index is 12.7. The van der Waals surface area contributed by atoms with Gasteiger partial charge in [-0.1, -0.05) is 11.6 Å². The highest BCUT2D eigenvalue weighted by Crippen LogP contribution is 2.37. The number of carbonyl (C=O) groups is 1. The van der Waals surface area contributed by atoms with Crippen LogP contribution >= 0.6 is 23.4 Å². The molecule has 3 rings (SSSR count). The molecule has 1 fully saturated rings. The van der Waals surface area contributed by atoms with Crippen molar-refractivity contribution in [1.82, 2.24) is 20.7 Å². The monoisotopic (exact) mass is 393 g/mol. The molecule has 1 amide bonds. The van der Waals surface area contributed by atoms with Crippen LogP contribution < -0.4 is 21.3 Å². The van der Waals surface area contributed by atoms with Crippen molar-refractivity contribution in [2.45, 2.75) is 18.2 Å². The van der Waals surface area contributed by atoms with Gasteiger partial charge in [0.05, 0.1) is 30.1 Å². The number of halogens is 1. The van der Waals surface area contributed by atoms with Crippen LogP contribution in [-0.4, -0.2) is 34.2 Å². The second kappa shape index (κ2) is 8.68. The van der Waals surface area contributed by atoms with Crippen LogP contribution in [0.15, 0.2) is 30.7 Å². The number of amides is 1. The lowest BCUT2D eigenvalue weighted by Crippen LogP contribution is -2.36. The van der Waals surface area contributed by atoms with E-state index in [0.717, 1.165) is 0 Å². The average Bonchev–Trinajstić information content (AvgIpc) is 3.50. The molecule has 2 aromatic rings. The minimum Gasteiger partial charge on any atom is -0.494 e. The van der Waals surface area contributed by atoms with Gasteiger partial charge in [0, 0.05) is 23.5 Å². The second-order valence-electron chi connectivity index (χ2n) is 5.87. The summed E-state index contributed by atoms with van der Waals surface area (Å²) in [6, 6.07) is 3.33. The highest BCUT2D eigenvalue weighted by atomic mass is 35.5. The Morgan fingerprint density at radius 3 is 2.96 bits per heavy atom. The van der Waals surface area contributed by atoms with E-state index in [1.807, 2.05) is 0 Å². The Bertz CT molecular complexity index is 787. The molecule has 1 aliphatic carbocycles. The minimum atomic E-state index is -0.198. The zero-order valence-corrected chi connectivity index (χ0v) is 15.8. The predicted molar refractivity (Wildman–Crippen MR) is 103 cm³/mol. The van der Waals surface area contributed by atoms with E-state index in [0.29, 0.717) is 39.4 Å². The normalized spacial score (nSPS) is 14.7. The third-order valence-electron chi connectivity index (χ3n) is 4.12. The van der Waals surface area contributed by atoms with Crippen molar-refractivity contribution < 1.29 is 9.53 Å². The summed E-state index contributed by atoms with van der Waals surface area (Å²) >= 11 is 7.60. The first-order valence-corrected chi connectivity index (χ1v) is 9.56. The predicted octanol–water partition coefficient (Wildman–Crippen LogP) is 2.43. The fraction of sp³-hybridized carbons (Fsp3) is 0.353. The summed E-state index contributed by atoms with van der Waals surface area (Å²) < 4.78 is 5.34. The molecule has 138 valence electrons. The van der Waals surface area contributed by atoms with Crippen LogP contribution in [0.2, 0.25) is 5.15 Å². The van der Waals surface area contributed by atoms with Crippen molar-refractivity contribution in [2.75, 3.05) is 13.0 Å². The van der Waals surface area contributed by atoms with Gasteiger partial charge < -0.3 is 10.1 Å². The van der Waals surface area contributed by atoms with E-state index in [-0.39, 0.29) is 11.3 Å². The van der Waals surface area contributed by atoms with Crippen LogP contribution in [0, 0.1) is 5.92 Å². The largest absolute Gasteiger partial charge is 0.494 e. The van der Waals surface area contributed by atoms with Crippen LogP contribution in [0.1, 0.15) is 23.2 Å². The molecular formula is C17H20ClN5O2S. The molecule has 2 heterocycles. The number of methoxy groups -OCH3 is 1. The number of hydrogen-bond acceptors (Lipinski definition) is 7. The van der Waals surface area contributed by atoms with E-state index < -0.39 is 0 Å². The molecule has 4 N–H and O–H groups in total. The molecule has 0 bridgehead atoms. The Balaban J connectivity index is 1.76. The number of aromatic nitrogens is 2. The zero-order valence-electron chi connectivity index (χ0n) is 14.2. The molecule has 1 aliphatic rings. The number of nitrogens with zero attached hydrogens (tertiary/aromatic N) is 2.